The number of aryl methyl sites for hydroxylation is 1. The molecule has 2 aliphatic rings. The Bertz CT molecular complexity index is 557. The van der Waals surface area contributed by atoms with Crippen molar-refractivity contribution in [2.75, 3.05) is 32.7 Å². The number of carbonyl (C=O) groups excluding carboxylic acids is 2. The Morgan fingerprint density at radius 1 is 1.45 bits per heavy atom. The summed E-state index contributed by atoms with van der Waals surface area (Å²) >= 11 is 0. The number of fused-ring (bicyclic) bond motifs is 1. The third-order valence-corrected chi connectivity index (χ3v) is 4.23. The Morgan fingerprint density at radius 3 is 3.09 bits per heavy atom. The number of nitrogens with one attached hydrogen (secondary N) is 2. The minimum absolute atomic E-state index is 0.0213. The lowest BCUT2D eigenvalue weighted by Gasteiger charge is -2.42. The van der Waals surface area contributed by atoms with Gasteiger partial charge in [0.2, 0.25) is 5.91 Å². The van der Waals surface area contributed by atoms with Gasteiger partial charge in [-0.3, -0.25) is 14.4 Å². The largest absolute Gasteiger partial charge is 0.353 e. The van der Waals surface area contributed by atoms with Crippen molar-refractivity contribution in [2.24, 2.45) is 0 Å². The summed E-state index contributed by atoms with van der Waals surface area (Å²) in [6.07, 6.45) is 3.68. The van der Waals surface area contributed by atoms with Crippen molar-refractivity contribution >= 4 is 11.9 Å². The molecule has 0 aromatic carbocycles. The number of hydrogen-bond acceptors (Lipinski definition) is 4. The van der Waals surface area contributed by atoms with E-state index < -0.39 is 0 Å². The summed E-state index contributed by atoms with van der Waals surface area (Å²) in [4.78, 5) is 28.0. The van der Waals surface area contributed by atoms with Crippen molar-refractivity contribution in [3.8, 4) is 0 Å². The number of piperazine rings is 2. The van der Waals surface area contributed by atoms with E-state index in [1.807, 2.05) is 17.8 Å². The highest BCUT2D eigenvalue weighted by Gasteiger charge is 2.36. The molecule has 2 fully saturated rings. The predicted molar refractivity (Wildman–Crippen MR) is 80.1 cm³/mol. The van der Waals surface area contributed by atoms with Gasteiger partial charge in [-0.15, -0.1) is 0 Å². The standard InChI is InChI=1S/C14H22N6O2/c1-2-20-9-11(8-17-20)7-16-14(22)19-6-5-18-4-3-15-13(21)12(18)10-19/h8-9,12H,2-7,10H2,1H3,(H,15,21)(H,16,22)/t12-/m1/s1. The second kappa shape index (κ2) is 6.35. The van der Waals surface area contributed by atoms with Crippen LogP contribution >= 0.6 is 0 Å². The highest BCUT2D eigenvalue weighted by Crippen LogP contribution is 2.12. The first-order chi connectivity index (χ1) is 10.7. The lowest BCUT2D eigenvalue weighted by atomic mass is 10.1. The van der Waals surface area contributed by atoms with E-state index in [1.165, 1.54) is 0 Å². The molecule has 120 valence electrons. The summed E-state index contributed by atoms with van der Waals surface area (Å²) in [6.45, 7) is 6.70. The summed E-state index contributed by atoms with van der Waals surface area (Å²) in [5.74, 6) is 0.0213. The molecule has 3 rings (SSSR count). The molecule has 2 saturated heterocycles. The van der Waals surface area contributed by atoms with Crippen LogP contribution in [0.2, 0.25) is 0 Å². The fourth-order valence-corrected chi connectivity index (χ4v) is 2.92. The molecule has 22 heavy (non-hydrogen) atoms. The summed E-state index contributed by atoms with van der Waals surface area (Å²) in [7, 11) is 0. The molecule has 0 aliphatic carbocycles. The van der Waals surface area contributed by atoms with Gasteiger partial charge < -0.3 is 15.5 Å². The zero-order valence-corrected chi connectivity index (χ0v) is 12.8. The van der Waals surface area contributed by atoms with Crippen LogP contribution in [0, 0.1) is 0 Å². The number of hydrogen-bond donors (Lipinski definition) is 2. The molecule has 3 heterocycles. The van der Waals surface area contributed by atoms with Crippen LogP contribution < -0.4 is 10.6 Å². The average molecular weight is 306 g/mol. The van der Waals surface area contributed by atoms with E-state index in [0.29, 0.717) is 26.2 Å². The molecule has 0 radical (unpaired) electrons. The molecule has 8 heteroatoms. The number of nitrogens with zero attached hydrogens (tertiary/aromatic N) is 4. The fraction of sp³-hybridized carbons (Fsp3) is 0.643. The molecule has 3 amide bonds. The summed E-state index contributed by atoms with van der Waals surface area (Å²) in [5.41, 5.74) is 0.976. The Hall–Kier alpha value is -2.09. The van der Waals surface area contributed by atoms with Crippen LogP contribution in [-0.4, -0.2) is 70.3 Å². The Balaban J connectivity index is 1.53. The molecule has 0 spiro atoms. The van der Waals surface area contributed by atoms with E-state index in [1.54, 1.807) is 11.1 Å². The van der Waals surface area contributed by atoms with Gasteiger partial charge in [0.1, 0.15) is 6.04 Å². The molecule has 8 nitrogen and oxygen atoms in total. The van der Waals surface area contributed by atoms with Crippen LogP contribution in [0.25, 0.3) is 0 Å². The van der Waals surface area contributed by atoms with Crippen molar-refractivity contribution < 1.29 is 9.59 Å². The number of amides is 3. The zero-order valence-electron chi connectivity index (χ0n) is 12.8. The normalized spacial score (nSPS) is 22.1. The van der Waals surface area contributed by atoms with Crippen molar-refractivity contribution in [3.05, 3.63) is 18.0 Å². The number of urea groups is 1. The average Bonchev–Trinajstić information content (AvgIpc) is 3.01. The minimum atomic E-state index is -0.212. The molecular formula is C14H22N6O2. The highest BCUT2D eigenvalue weighted by molar-refractivity contribution is 5.84. The second-order valence-electron chi connectivity index (χ2n) is 5.65. The van der Waals surface area contributed by atoms with Crippen LogP contribution in [0.4, 0.5) is 4.79 Å². The number of carbonyl (C=O) groups is 2. The fourth-order valence-electron chi connectivity index (χ4n) is 2.92. The third-order valence-electron chi connectivity index (χ3n) is 4.23. The van der Waals surface area contributed by atoms with Crippen molar-refractivity contribution in [1.82, 2.24) is 30.2 Å². The first-order valence-electron chi connectivity index (χ1n) is 7.73. The van der Waals surface area contributed by atoms with E-state index in [4.69, 9.17) is 0 Å². The van der Waals surface area contributed by atoms with Crippen molar-refractivity contribution in [3.63, 3.8) is 0 Å². The highest BCUT2D eigenvalue weighted by atomic mass is 16.2. The SMILES string of the molecule is CCn1cc(CNC(=O)N2CCN3CCNC(=O)[C@H]3C2)cn1. The topological polar surface area (TPSA) is 82.5 Å². The first-order valence-corrected chi connectivity index (χ1v) is 7.73. The Labute approximate surface area is 129 Å². The van der Waals surface area contributed by atoms with E-state index in [2.05, 4.69) is 20.6 Å². The molecule has 0 saturated carbocycles. The summed E-state index contributed by atoms with van der Waals surface area (Å²) in [5, 5.41) is 9.94. The second-order valence-corrected chi connectivity index (χ2v) is 5.65. The maximum Gasteiger partial charge on any atom is 0.317 e. The van der Waals surface area contributed by atoms with Crippen LogP contribution in [-0.2, 0) is 17.9 Å². The monoisotopic (exact) mass is 306 g/mol. The van der Waals surface area contributed by atoms with Crippen LogP contribution in [0.15, 0.2) is 12.4 Å². The van der Waals surface area contributed by atoms with Gasteiger partial charge in [0, 0.05) is 57.6 Å². The lowest BCUT2D eigenvalue weighted by Crippen LogP contribution is -2.65. The van der Waals surface area contributed by atoms with Crippen LogP contribution in [0.1, 0.15) is 12.5 Å². The molecule has 0 unspecified atom stereocenters. The minimum Gasteiger partial charge on any atom is -0.353 e. The van der Waals surface area contributed by atoms with Gasteiger partial charge in [-0.2, -0.15) is 5.10 Å². The van der Waals surface area contributed by atoms with E-state index in [9.17, 15) is 9.59 Å². The van der Waals surface area contributed by atoms with Gasteiger partial charge in [-0.25, -0.2) is 4.79 Å². The molecule has 1 aromatic heterocycles. The molecule has 2 N–H and O–H groups in total. The Morgan fingerprint density at radius 2 is 2.32 bits per heavy atom. The maximum absolute atomic E-state index is 12.3. The Kier molecular flexibility index (Phi) is 4.28. The zero-order chi connectivity index (χ0) is 15.5. The van der Waals surface area contributed by atoms with Crippen molar-refractivity contribution in [2.45, 2.75) is 26.1 Å². The van der Waals surface area contributed by atoms with Gasteiger partial charge in [-0.05, 0) is 6.92 Å². The summed E-state index contributed by atoms with van der Waals surface area (Å²) < 4.78 is 1.83. The summed E-state index contributed by atoms with van der Waals surface area (Å²) in [6, 6.07) is -0.335. The van der Waals surface area contributed by atoms with Gasteiger partial charge in [0.25, 0.3) is 0 Å². The van der Waals surface area contributed by atoms with Gasteiger partial charge in [-0.1, -0.05) is 0 Å². The van der Waals surface area contributed by atoms with Crippen LogP contribution in [0.3, 0.4) is 0 Å². The van der Waals surface area contributed by atoms with Gasteiger partial charge in [0.15, 0.2) is 0 Å². The molecule has 1 atom stereocenters. The predicted octanol–water partition coefficient (Wildman–Crippen LogP) is -0.771. The van der Waals surface area contributed by atoms with Crippen molar-refractivity contribution in [1.29, 1.82) is 0 Å². The van der Waals surface area contributed by atoms with Gasteiger partial charge in [0.05, 0.1) is 6.20 Å². The molecule has 2 aliphatic heterocycles. The first kappa shape index (κ1) is 14.8. The molecule has 1 aromatic rings. The smallest absolute Gasteiger partial charge is 0.317 e. The van der Waals surface area contributed by atoms with E-state index in [-0.39, 0.29) is 18.0 Å². The third kappa shape index (κ3) is 3.06. The number of rotatable bonds is 3. The quantitative estimate of drug-likeness (QED) is 0.768. The molecule has 0 bridgehead atoms. The number of aromatic nitrogens is 2. The molecular weight excluding hydrogens is 284 g/mol. The lowest BCUT2D eigenvalue weighted by molar-refractivity contribution is -0.131. The van der Waals surface area contributed by atoms with Crippen LogP contribution in [0.5, 0.6) is 0 Å². The van der Waals surface area contributed by atoms with E-state index in [0.717, 1.165) is 25.2 Å². The van der Waals surface area contributed by atoms with E-state index >= 15 is 0 Å². The van der Waals surface area contributed by atoms with Gasteiger partial charge >= 0.3 is 6.03 Å². The maximum atomic E-state index is 12.3.